The van der Waals surface area contributed by atoms with Crippen LogP contribution in [0.25, 0.3) is 0 Å². The zero-order valence-corrected chi connectivity index (χ0v) is 9.83. The second-order valence-electron chi connectivity index (χ2n) is 3.33. The summed E-state index contributed by atoms with van der Waals surface area (Å²) in [5, 5.41) is 13.5. The molecule has 7 nitrogen and oxygen atoms in total. The van der Waals surface area contributed by atoms with Crippen molar-refractivity contribution in [2.24, 2.45) is 0 Å². The molecule has 0 aromatic carbocycles. The molecule has 0 spiro atoms. The minimum absolute atomic E-state index is 0.0943. The molecule has 0 radical (unpaired) electrons. The van der Waals surface area contributed by atoms with Gasteiger partial charge in [-0.2, -0.15) is 0 Å². The molecule has 0 aliphatic carbocycles. The average molecular weight is 266 g/mol. The number of aromatic nitrogens is 3. The number of nitro groups is 1. The van der Waals surface area contributed by atoms with Crippen LogP contribution in [0, 0.1) is 10.1 Å². The predicted molar refractivity (Wildman–Crippen MR) is 65.3 cm³/mol. The van der Waals surface area contributed by atoms with E-state index >= 15 is 0 Å². The number of halogens is 1. The van der Waals surface area contributed by atoms with Crippen LogP contribution in [0.15, 0.2) is 30.9 Å². The number of anilines is 1. The molecule has 0 aliphatic rings. The van der Waals surface area contributed by atoms with Crippen molar-refractivity contribution in [2.45, 2.75) is 6.54 Å². The highest BCUT2D eigenvalue weighted by molar-refractivity contribution is 6.31. The molecule has 0 amide bonds. The molecule has 0 fully saturated rings. The largest absolute Gasteiger partial charge is 0.360 e. The van der Waals surface area contributed by atoms with E-state index < -0.39 is 4.92 Å². The summed E-state index contributed by atoms with van der Waals surface area (Å²) in [5.74, 6) is 0.0943. The number of hydrogen-bond acceptors (Lipinski definition) is 6. The maximum Gasteiger partial charge on any atom is 0.348 e. The molecular weight excluding hydrogens is 258 g/mol. The average Bonchev–Trinajstić information content (AvgIpc) is 2.37. The van der Waals surface area contributed by atoms with Crippen LogP contribution >= 0.6 is 11.6 Å². The lowest BCUT2D eigenvalue weighted by Crippen LogP contribution is -2.05. The van der Waals surface area contributed by atoms with Gasteiger partial charge in [0.25, 0.3) is 0 Å². The van der Waals surface area contributed by atoms with E-state index in [4.69, 9.17) is 11.6 Å². The van der Waals surface area contributed by atoms with Gasteiger partial charge in [0.1, 0.15) is 6.33 Å². The zero-order chi connectivity index (χ0) is 13.0. The highest BCUT2D eigenvalue weighted by atomic mass is 35.5. The van der Waals surface area contributed by atoms with Crippen LogP contribution < -0.4 is 5.32 Å². The van der Waals surface area contributed by atoms with Gasteiger partial charge >= 0.3 is 5.69 Å². The molecule has 18 heavy (non-hydrogen) atoms. The van der Waals surface area contributed by atoms with Crippen molar-refractivity contribution < 1.29 is 4.92 Å². The second kappa shape index (κ2) is 5.37. The summed E-state index contributed by atoms with van der Waals surface area (Å²) in [6.07, 6.45) is 4.45. The van der Waals surface area contributed by atoms with Crippen LogP contribution in [-0.4, -0.2) is 19.9 Å². The Morgan fingerprint density at radius 3 is 2.72 bits per heavy atom. The third-order valence-electron chi connectivity index (χ3n) is 2.17. The summed E-state index contributed by atoms with van der Waals surface area (Å²) in [4.78, 5) is 21.5. The Balaban J connectivity index is 2.20. The first-order valence-electron chi connectivity index (χ1n) is 4.96. The normalized spacial score (nSPS) is 10.1. The smallest absolute Gasteiger partial charge is 0.348 e. The molecule has 2 heterocycles. The van der Waals surface area contributed by atoms with Gasteiger partial charge < -0.3 is 5.32 Å². The van der Waals surface area contributed by atoms with Gasteiger partial charge in [0.05, 0.1) is 4.92 Å². The van der Waals surface area contributed by atoms with Crippen molar-refractivity contribution in [1.29, 1.82) is 0 Å². The lowest BCUT2D eigenvalue weighted by atomic mass is 10.3. The van der Waals surface area contributed by atoms with E-state index in [2.05, 4.69) is 20.3 Å². The summed E-state index contributed by atoms with van der Waals surface area (Å²) >= 11 is 5.66. The van der Waals surface area contributed by atoms with Gasteiger partial charge in [-0.3, -0.25) is 15.1 Å². The number of hydrogen-bond donors (Lipinski definition) is 1. The molecular formula is C10H8ClN5O2. The molecule has 2 aromatic heterocycles. The molecule has 0 unspecified atom stereocenters. The fourth-order valence-electron chi connectivity index (χ4n) is 1.33. The zero-order valence-electron chi connectivity index (χ0n) is 9.08. The molecule has 0 bridgehead atoms. The Kier molecular flexibility index (Phi) is 3.63. The van der Waals surface area contributed by atoms with Gasteiger partial charge in [0, 0.05) is 18.9 Å². The van der Waals surface area contributed by atoms with E-state index in [0.717, 1.165) is 5.56 Å². The van der Waals surface area contributed by atoms with Gasteiger partial charge in [0.15, 0.2) is 0 Å². The Morgan fingerprint density at radius 1 is 1.33 bits per heavy atom. The molecule has 8 heteroatoms. The fraction of sp³-hybridized carbons (Fsp3) is 0.100. The SMILES string of the molecule is O=[N+]([O-])c1c(Cl)ncnc1NCc1ccncc1. The monoisotopic (exact) mass is 265 g/mol. The van der Waals surface area contributed by atoms with Gasteiger partial charge in [-0.1, -0.05) is 11.6 Å². The van der Waals surface area contributed by atoms with Gasteiger partial charge in [-0.25, -0.2) is 9.97 Å². The molecule has 0 aliphatic heterocycles. The summed E-state index contributed by atoms with van der Waals surface area (Å²) in [6.45, 7) is 0.386. The first-order valence-corrected chi connectivity index (χ1v) is 5.34. The summed E-state index contributed by atoms with van der Waals surface area (Å²) in [6, 6.07) is 3.59. The fourth-order valence-corrected chi connectivity index (χ4v) is 1.54. The van der Waals surface area contributed by atoms with Gasteiger partial charge in [-0.15, -0.1) is 0 Å². The Hall–Kier alpha value is -2.28. The maximum atomic E-state index is 10.8. The number of rotatable bonds is 4. The minimum Gasteiger partial charge on any atom is -0.360 e. The van der Waals surface area contributed by atoms with Crippen LogP contribution in [0.4, 0.5) is 11.5 Å². The second-order valence-corrected chi connectivity index (χ2v) is 3.69. The highest BCUT2D eigenvalue weighted by Gasteiger charge is 2.20. The number of nitrogens with zero attached hydrogens (tertiary/aromatic N) is 4. The number of nitrogens with one attached hydrogen (secondary N) is 1. The summed E-state index contributed by atoms with van der Waals surface area (Å²) < 4.78 is 0. The lowest BCUT2D eigenvalue weighted by molar-refractivity contribution is -0.384. The van der Waals surface area contributed by atoms with E-state index in [1.807, 2.05) is 0 Å². The van der Waals surface area contributed by atoms with Crippen molar-refractivity contribution in [1.82, 2.24) is 15.0 Å². The molecule has 92 valence electrons. The molecule has 0 saturated carbocycles. The molecule has 2 aromatic rings. The van der Waals surface area contributed by atoms with E-state index in [9.17, 15) is 10.1 Å². The van der Waals surface area contributed by atoms with Crippen LogP contribution in [0.3, 0.4) is 0 Å². The van der Waals surface area contributed by atoms with Gasteiger partial charge in [0.2, 0.25) is 11.0 Å². The van der Waals surface area contributed by atoms with E-state index in [0.29, 0.717) is 6.54 Å². The first kappa shape index (κ1) is 12.2. The van der Waals surface area contributed by atoms with Crippen molar-refractivity contribution in [3.05, 3.63) is 51.7 Å². The van der Waals surface area contributed by atoms with E-state index in [1.165, 1.54) is 6.33 Å². The van der Waals surface area contributed by atoms with Crippen molar-refractivity contribution in [2.75, 3.05) is 5.32 Å². The van der Waals surface area contributed by atoms with Crippen LogP contribution in [0.1, 0.15) is 5.56 Å². The van der Waals surface area contributed by atoms with E-state index in [1.54, 1.807) is 24.5 Å². The van der Waals surface area contributed by atoms with Crippen molar-refractivity contribution in [3.8, 4) is 0 Å². The quantitative estimate of drug-likeness (QED) is 0.516. The third-order valence-corrected chi connectivity index (χ3v) is 2.45. The van der Waals surface area contributed by atoms with Crippen molar-refractivity contribution in [3.63, 3.8) is 0 Å². The molecule has 1 N–H and O–H groups in total. The minimum atomic E-state index is -0.614. The Labute approximate surface area is 107 Å². The van der Waals surface area contributed by atoms with Crippen LogP contribution in [0.2, 0.25) is 5.15 Å². The van der Waals surface area contributed by atoms with E-state index in [-0.39, 0.29) is 16.7 Å². The summed E-state index contributed by atoms with van der Waals surface area (Å²) in [7, 11) is 0. The van der Waals surface area contributed by atoms with Gasteiger partial charge in [-0.05, 0) is 17.7 Å². The van der Waals surface area contributed by atoms with Crippen LogP contribution in [-0.2, 0) is 6.54 Å². The highest BCUT2D eigenvalue weighted by Crippen LogP contribution is 2.28. The Morgan fingerprint density at radius 2 is 2.06 bits per heavy atom. The topological polar surface area (TPSA) is 93.8 Å². The number of pyridine rings is 1. The van der Waals surface area contributed by atoms with Crippen LogP contribution in [0.5, 0.6) is 0 Å². The standard InChI is InChI=1S/C10H8ClN5O2/c11-9-8(16(17)18)10(15-6-14-9)13-5-7-1-3-12-4-2-7/h1-4,6H,5H2,(H,13,14,15). The summed E-state index contributed by atoms with van der Waals surface area (Å²) in [5.41, 5.74) is 0.599. The molecule has 0 saturated heterocycles. The maximum absolute atomic E-state index is 10.8. The first-order chi connectivity index (χ1) is 8.68. The van der Waals surface area contributed by atoms with Crippen molar-refractivity contribution >= 4 is 23.1 Å². The Bertz CT molecular complexity index is 563. The lowest BCUT2D eigenvalue weighted by Gasteiger charge is -2.06. The molecule has 0 atom stereocenters. The third kappa shape index (κ3) is 2.69. The molecule has 2 rings (SSSR count). The predicted octanol–water partition coefficient (Wildman–Crippen LogP) is 2.05.